The Kier molecular flexibility index (Phi) is 8.90. The molecule has 0 bridgehead atoms. The van der Waals surface area contributed by atoms with Gasteiger partial charge < -0.3 is 23.5 Å². The Labute approximate surface area is 234 Å². The van der Waals surface area contributed by atoms with Gasteiger partial charge in [0, 0.05) is 5.56 Å². The highest BCUT2D eigenvalue weighted by Crippen LogP contribution is 2.32. The number of methoxy groups -OCH3 is 3. The van der Waals surface area contributed by atoms with Crippen molar-refractivity contribution < 1.29 is 28.5 Å². The van der Waals surface area contributed by atoms with Gasteiger partial charge in [-0.25, -0.2) is 15.2 Å². The largest absolute Gasteiger partial charge is 0.497 e. The molecule has 1 aromatic heterocycles. The number of carbonyl (C=O) groups is 2. The maximum atomic E-state index is 12.9. The maximum Gasteiger partial charge on any atom is 0.343 e. The van der Waals surface area contributed by atoms with E-state index in [-0.39, 0.29) is 13.2 Å². The molecule has 3 aromatic carbocycles. The number of ether oxygens (including phenoxy) is 4. The maximum absolute atomic E-state index is 12.9. The van der Waals surface area contributed by atoms with Crippen molar-refractivity contribution in [3.63, 3.8) is 0 Å². The first-order valence-corrected chi connectivity index (χ1v) is 12.3. The highest BCUT2D eigenvalue weighted by Gasteiger charge is 2.17. The monoisotopic (exact) mass is 570 g/mol. The van der Waals surface area contributed by atoms with Gasteiger partial charge in [-0.3, -0.25) is 4.79 Å². The van der Waals surface area contributed by atoms with Gasteiger partial charge in [0.25, 0.3) is 5.91 Å². The number of amides is 1. The lowest BCUT2D eigenvalue weighted by Gasteiger charge is -2.10. The molecule has 0 spiro atoms. The molecule has 0 aliphatic rings. The van der Waals surface area contributed by atoms with Crippen LogP contribution in [0.4, 0.5) is 0 Å². The van der Waals surface area contributed by atoms with E-state index >= 15 is 0 Å². The molecule has 0 aliphatic carbocycles. The van der Waals surface area contributed by atoms with E-state index in [0.717, 1.165) is 5.56 Å². The molecule has 1 N–H and O–H groups in total. The van der Waals surface area contributed by atoms with E-state index in [1.165, 1.54) is 20.4 Å². The van der Waals surface area contributed by atoms with Gasteiger partial charge in [-0.15, -0.1) is 0 Å². The Morgan fingerprint density at radius 2 is 1.72 bits per heavy atom. The Morgan fingerprint density at radius 1 is 0.974 bits per heavy atom. The summed E-state index contributed by atoms with van der Waals surface area (Å²) in [7, 11) is 4.33. The molecule has 0 atom stereocenters. The van der Waals surface area contributed by atoms with Crippen LogP contribution in [-0.4, -0.2) is 55.6 Å². The second kappa shape index (κ2) is 12.5. The zero-order valence-electron chi connectivity index (χ0n) is 21.2. The molecule has 12 heteroatoms. The van der Waals surface area contributed by atoms with Crippen LogP contribution in [0.3, 0.4) is 0 Å². The van der Waals surface area contributed by atoms with Crippen LogP contribution in [0, 0.1) is 0 Å². The molecule has 0 unspecified atom stereocenters. The number of carbonyl (C=O) groups excluding carboxylic acids is 2. The third kappa shape index (κ3) is 6.60. The second-order valence-corrected chi connectivity index (χ2v) is 8.89. The smallest absolute Gasteiger partial charge is 0.343 e. The second-order valence-electron chi connectivity index (χ2n) is 8.07. The molecule has 0 saturated carbocycles. The number of hydrogen-bond donors (Lipinski definition) is 1. The van der Waals surface area contributed by atoms with E-state index in [1.807, 2.05) is 24.3 Å². The fourth-order valence-corrected chi connectivity index (χ4v) is 3.99. The normalized spacial score (nSPS) is 11.0. The van der Waals surface area contributed by atoms with E-state index in [9.17, 15) is 9.59 Å². The summed E-state index contributed by atoms with van der Waals surface area (Å²) in [6.45, 7) is -0.341. The van der Waals surface area contributed by atoms with Gasteiger partial charge in [-0.1, -0.05) is 23.2 Å². The zero-order valence-corrected chi connectivity index (χ0v) is 22.7. The van der Waals surface area contributed by atoms with Crippen molar-refractivity contribution >= 4 is 52.3 Å². The van der Waals surface area contributed by atoms with Crippen LogP contribution in [0.15, 0.2) is 59.7 Å². The Balaban J connectivity index is 1.53. The van der Waals surface area contributed by atoms with Crippen molar-refractivity contribution in [2.45, 2.75) is 6.54 Å². The fraction of sp³-hybridized carbons (Fsp3) is 0.185. The summed E-state index contributed by atoms with van der Waals surface area (Å²) in [5.74, 6) is 1.09. The Bertz CT molecular complexity index is 1540. The van der Waals surface area contributed by atoms with E-state index in [4.69, 9.17) is 37.4 Å². The van der Waals surface area contributed by atoms with Crippen LogP contribution in [0.1, 0.15) is 5.56 Å². The standard InChI is InChI=1S/C27H24Cl2N4O6/c1-36-18-7-5-17(6-8-18)27-31-21-11-19(28)20(29)12-22(21)33(27)14-25(34)32-30-13-16-4-9-23(24(10-16)37-2)39-15-26(35)38-3/h4-13H,14-15H2,1-3H3,(H,32,34)/b30-13-. The fourth-order valence-electron chi connectivity index (χ4n) is 3.68. The average Bonchev–Trinajstić information content (AvgIpc) is 3.28. The zero-order chi connectivity index (χ0) is 27.9. The lowest BCUT2D eigenvalue weighted by Crippen LogP contribution is -2.23. The molecule has 39 heavy (non-hydrogen) atoms. The van der Waals surface area contributed by atoms with Crippen molar-refractivity contribution in [3.05, 3.63) is 70.2 Å². The number of esters is 1. The predicted octanol–water partition coefficient (Wildman–Crippen LogP) is 4.73. The van der Waals surface area contributed by atoms with Crippen LogP contribution in [0.5, 0.6) is 17.2 Å². The highest BCUT2D eigenvalue weighted by atomic mass is 35.5. The van der Waals surface area contributed by atoms with Gasteiger partial charge in [0.1, 0.15) is 18.1 Å². The molecule has 0 aliphatic heterocycles. The molecule has 4 rings (SSSR count). The number of fused-ring (bicyclic) bond motifs is 1. The van der Waals surface area contributed by atoms with E-state index in [2.05, 4.69) is 20.2 Å². The minimum absolute atomic E-state index is 0.0865. The van der Waals surface area contributed by atoms with Crippen molar-refractivity contribution in [1.29, 1.82) is 0 Å². The number of benzene rings is 3. The third-order valence-corrected chi connectivity index (χ3v) is 6.33. The van der Waals surface area contributed by atoms with Crippen LogP contribution in [-0.2, 0) is 20.9 Å². The summed E-state index contributed by atoms with van der Waals surface area (Å²) < 4.78 is 22.3. The van der Waals surface area contributed by atoms with Crippen LogP contribution in [0.2, 0.25) is 10.0 Å². The number of hydrogen-bond acceptors (Lipinski definition) is 8. The van der Waals surface area contributed by atoms with Gasteiger partial charge in [-0.2, -0.15) is 5.10 Å². The topological polar surface area (TPSA) is 113 Å². The quantitative estimate of drug-likeness (QED) is 0.166. The summed E-state index contributed by atoms with van der Waals surface area (Å²) in [5, 5.41) is 4.77. The summed E-state index contributed by atoms with van der Waals surface area (Å²) in [6.07, 6.45) is 1.46. The molecule has 10 nitrogen and oxygen atoms in total. The Hall–Kier alpha value is -4.28. The molecule has 0 radical (unpaired) electrons. The summed E-state index contributed by atoms with van der Waals surface area (Å²) in [5.41, 5.74) is 5.16. The molecular formula is C27H24Cl2N4O6. The number of nitrogens with one attached hydrogen (secondary N) is 1. The van der Waals surface area contributed by atoms with Crippen LogP contribution in [0.25, 0.3) is 22.4 Å². The first kappa shape index (κ1) is 27.7. The van der Waals surface area contributed by atoms with E-state index < -0.39 is 11.9 Å². The summed E-state index contributed by atoms with van der Waals surface area (Å²) in [6, 6.07) is 15.6. The molecule has 1 heterocycles. The van der Waals surface area contributed by atoms with Gasteiger partial charge in [0.05, 0.1) is 48.6 Å². The van der Waals surface area contributed by atoms with E-state index in [1.54, 1.807) is 42.0 Å². The number of nitrogens with zero attached hydrogens (tertiary/aromatic N) is 3. The number of hydrazone groups is 1. The molecule has 0 fully saturated rings. The summed E-state index contributed by atoms with van der Waals surface area (Å²) >= 11 is 12.5. The first-order chi connectivity index (χ1) is 18.8. The molecular weight excluding hydrogens is 547 g/mol. The van der Waals surface area contributed by atoms with Gasteiger partial charge >= 0.3 is 5.97 Å². The van der Waals surface area contributed by atoms with Crippen molar-refractivity contribution in [2.24, 2.45) is 5.10 Å². The number of aromatic nitrogens is 2. The SMILES string of the molecule is COC(=O)COc1ccc(/C=N\NC(=O)Cn2c(-c3ccc(OC)cc3)nc3cc(Cl)c(Cl)cc32)cc1OC. The van der Waals surface area contributed by atoms with Gasteiger partial charge in [-0.05, 0) is 60.2 Å². The lowest BCUT2D eigenvalue weighted by molar-refractivity contribution is -0.142. The first-order valence-electron chi connectivity index (χ1n) is 11.5. The van der Waals surface area contributed by atoms with Gasteiger partial charge in [0.15, 0.2) is 18.1 Å². The number of rotatable bonds is 10. The van der Waals surface area contributed by atoms with Crippen LogP contribution < -0.4 is 19.6 Å². The highest BCUT2D eigenvalue weighted by molar-refractivity contribution is 6.42. The van der Waals surface area contributed by atoms with Crippen LogP contribution >= 0.6 is 23.2 Å². The van der Waals surface area contributed by atoms with Crippen molar-refractivity contribution in [3.8, 4) is 28.6 Å². The van der Waals surface area contributed by atoms with Crippen molar-refractivity contribution in [1.82, 2.24) is 15.0 Å². The number of imidazole rings is 1. The molecule has 1 amide bonds. The predicted molar refractivity (Wildman–Crippen MR) is 148 cm³/mol. The number of halogens is 2. The minimum atomic E-state index is -0.517. The van der Waals surface area contributed by atoms with E-state index in [0.29, 0.717) is 49.7 Å². The van der Waals surface area contributed by atoms with Gasteiger partial charge in [0.2, 0.25) is 0 Å². The van der Waals surface area contributed by atoms with Crippen molar-refractivity contribution in [2.75, 3.05) is 27.9 Å². The molecule has 4 aromatic rings. The molecule has 202 valence electrons. The molecule has 0 saturated heterocycles. The summed E-state index contributed by atoms with van der Waals surface area (Å²) in [4.78, 5) is 28.9. The lowest BCUT2D eigenvalue weighted by atomic mass is 10.2. The average molecular weight is 571 g/mol. The minimum Gasteiger partial charge on any atom is -0.497 e. The Morgan fingerprint density at radius 3 is 2.41 bits per heavy atom. The third-order valence-electron chi connectivity index (χ3n) is 5.60.